The normalized spacial score (nSPS) is 18.2. The van der Waals surface area contributed by atoms with Crippen LogP contribution in [0.5, 0.6) is 0 Å². The van der Waals surface area contributed by atoms with Crippen molar-refractivity contribution in [3.63, 3.8) is 0 Å². The first-order valence-corrected chi connectivity index (χ1v) is 8.29. The highest BCUT2D eigenvalue weighted by atomic mass is 32.1. The third-order valence-electron chi connectivity index (χ3n) is 4.06. The summed E-state index contributed by atoms with van der Waals surface area (Å²) in [5.41, 5.74) is 9.17. The van der Waals surface area contributed by atoms with Gasteiger partial charge in [0.15, 0.2) is 0 Å². The lowest BCUT2D eigenvalue weighted by Crippen LogP contribution is -2.39. The Labute approximate surface area is 125 Å². The average Bonchev–Trinajstić information content (AvgIpc) is 2.87. The van der Waals surface area contributed by atoms with E-state index in [4.69, 9.17) is 5.73 Å². The van der Waals surface area contributed by atoms with Crippen molar-refractivity contribution in [2.75, 3.05) is 11.4 Å². The van der Waals surface area contributed by atoms with Crippen LogP contribution in [0, 0.1) is 0 Å². The third kappa shape index (κ3) is 2.60. The molecule has 0 fully saturated rings. The first-order chi connectivity index (χ1) is 9.77. The highest BCUT2D eigenvalue weighted by Crippen LogP contribution is 2.36. The van der Waals surface area contributed by atoms with Gasteiger partial charge in [-0.2, -0.15) is 0 Å². The number of para-hydroxylation sites is 1. The molecule has 2 atom stereocenters. The second-order valence-electron chi connectivity index (χ2n) is 5.60. The molecule has 1 aliphatic rings. The number of benzene rings is 1. The number of aryl methyl sites for hydroxylation is 1. The average molecular weight is 286 g/mol. The van der Waals surface area contributed by atoms with Crippen molar-refractivity contribution in [3.8, 4) is 0 Å². The van der Waals surface area contributed by atoms with Gasteiger partial charge < -0.3 is 10.6 Å². The Morgan fingerprint density at radius 3 is 2.75 bits per heavy atom. The van der Waals surface area contributed by atoms with Gasteiger partial charge in [0.25, 0.3) is 0 Å². The van der Waals surface area contributed by atoms with Gasteiger partial charge in [-0.1, -0.05) is 24.3 Å². The number of hydrogen-bond acceptors (Lipinski definition) is 3. The summed E-state index contributed by atoms with van der Waals surface area (Å²) in [4.78, 5) is 3.90. The molecule has 1 aromatic carbocycles. The van der Waals surface area contributed by atoms with E-state index < -0.39 is 0 Å². The maximum atomic E-state index is 6.33. The lowest BCUT2D eigenvalue weighted by Gasteiger charge is -2.35. The van der Waals surface area contributed by atoms with Crippen molar-refractivity contribution in [3.05, 3.63) is 52.2 Å². The number of rotatable bonds is 3. The zero-order valence-electron chi connectivity index (χ0n) is 12.0. The molecular formula is C17H22N2S. The molecule has 0 aliphatic carbocycles. The SMILES string of the molecule is CC(N)C(c1cccs1)N1CCCCc2ccccc21. The molecule has 0 saturated heterocycles. The molecule has 3 rings (SSSR count). The Hall–Kier alpha value is -1.32. The number of anilines is 1. The van der Waals surface area contributed by atoms with Crippen molar-refractivity contribution in [2.45, 2.75) is 38.3 Å². The molecule has 2 heterocycles. The minimum Gasteiger partial charge on any atom is -0.362 e. The molecule has 0 radical (unpaired) electrons. The molecule has 0 amide bonds. The quantitative estimate of drug-likeness (QED) is 0.924. The van der Waals surface area contributed by atoms with E-state index in [1.165, 1.54) is 35.4 Å². The number of nitrogens with two attached hydrogens (primary N) is 1. The molecular weight excluding hydrogens is 264 g/mol. The third-order valence-corrected chi connectivity index (χ3v) is 5.01. The first-order valence-electron chi connectivity index (χ1n) is 7.41. The van der Waals surface area contributed by atoms with Crippen LogP contribution in [0.15, 0.2) is 41.8 Å². The molecule has 0 saturated carbocycles. The van der Waals surface area contributed by atoms with Crippen LogP contribution in [0.1, 0.15) is 36.2 Å². The minimum absolute atomic E-state index is 0.125. The van der Waals surface area contributed by atoms with Crippen LogP contribution < -0.4 is 10.6 Å². The standard InChI is InChI=1S/C17H22N2S/c1-13(18)17(16-10-6-12-20-16)19-11-5-4-8-14-7-2-3-9-15(14)19/h2-3,6-7,9-10,12-13,17H,4-5,8,11,18H2,1H3. The Morgan fingerprint density at radius 1 is 1.15 bits per heavy atom. The topological polar surface area (TPSA) is 29.3 Å². The molecule has 0 bridgehead atoms. The molecule has 2 aromatic rings. The summed E-state index contributed by atoms with van der Waals surface area (Å²) >= 11 is 1.81. The van der Waals surface area contributed by atoms with Crippen molar-refractivity contribution in [1.29, 1.82) is 0 Å². The summed E-state index contributed by atoms with van der Waals surface area (Å²) in [5.74, 6) is 0. The van der Waals surface area contributed by atoms with E-state index in [9.17, 15) is 0 Å². The molecule has 20 heavy (non-hydrogen) atoms. The van der Waals surface area contributed by atoms with Crippen LogP contribution in [0.3, 0.4) is 0 Å². The number of fused-ring (bicyclic) bond motifs is 1. The Balaban J connectivity index is 2.02. The smallest absolute Gasteiger partial charge is 0.0783 e. The zero-order chi connectivity index (χ0) is 13.9. The minimum atomic E-state index is 0.125. The second-order valence-corrected chi connectivity index (χ2v) is 6.58. The monoisotopic (exact) mass is 286 g/mol. The van der Waals surface area contributed by atoms with Gasteiger partial charge in [-0.05, 0) is 49.3 Å². The largest absolute Gasteiger partial charge is 0.362 e. The van der Waals surface area contributed by atoms with Crippen LogP contribution in [0.2, 0.25) is 0 Å². The number of hydrogen-bond donors (Lipinski definition) is 1. The maximum Gasteiger partial charge on any atom is 0.0783 e. The van der Waals surface area contributed by atoms with Crippen LogP contribution >= 0.6 is 11.3 Å². The van der Waals surface area contributed by atoms with Crippen molar-refractivity contribution in [2.24, 2.45) is 5.73 Å². The fourth-order valence-corrected chi connectivity index (χ4v) is 4.12. The fourth-order valence-electron chi connectivity index (χ4n) is 3.17. The number of nitrogens with zero attached hydrogens (tertiary/aromatic N) is 1. The molecule has 2 N–H and O–H groups in total. The van der Waals surface area contributed by atoms with E-state index in [0.29, 0.717) is 0 Å². The van der Waals surface area contributed by atoms with Crippen LogP contribution in [-0.2, 0) is 6.42 Å². The van der Waals surface area contributed by atoms with Crippen molar-refractivity contribution >= 4 is 17.0 Å². The van der Waals surface area contributed by atoms with E-state index in [1.54, 1.807) is 0 Å². The summed E-state index contributed by atoms with van der Waals surface area (Å²) in [5, 5.41) is 2.15. The molecule has 2 unspecified atom stereocenters. The van der Waals surface area contributed by atoms with Crippen LogP contribution in [0.4, 0.5) is 5.69 Å². The highest BCUT2D eigenvalue weighted by molar-refractivity contribution is 7.10. The fraction of sp³-hybridized carbons (Fsp3) is 0.412. The first kappa shape index (κ1) is 13.7. The van der Waals surface area contributed by atoms with E-state index in [2.05, 4.69) is 53.6 Å². The Bertz CT molecular complexity index is 548. The second kappa shape index (κ2) is 5.98. The predicted molar refractivity (Wildman–Crippen MR) is 87.4 cm³/mol. The zero-order valence-corrected chi connectivity index (χ0v) is 12.8. The van der Waals surface area contributed by atoms with E-state index in [1.807, 2.05) is 11.3 Å². The molecule has 1 aliphatic heterocycles. The molecule has 3 heteroatoms. The Kier molecular flexibility index (Phi) is 4.08. The summed E-state index contributed by atoms with van der Waals surface area (Å²) < 4.78 is 0. The van der Waals surface area contributed by atoms with Gasteiger partial charge in [0, 0.05) is 23.2 Å². The van der Waals surface area contributed by atoms with E-state index in [-0.39, 0.29) is 12.1 Å². The Morgan fingerprint density at radius 2 is 2.00 bits per heavy atom. The van der Waals surface area contributed by atoms with Gasteiger partial charge in [0.2, 0.25) is 0 Å². The van der Waals surface area contributed by atoms with Crippen molar-refractivity contribution < 1.29 is 0 Å². The lowest BCUT2D eigenvalue weighted by atomic mass is 10.0. The van der Waals surface area contributed by atoms with Gasteiger partial charge in [0.1, 0.15) is 0 Å². The summed E-state index contributed by atoms with van der Waals surface area (Å²) in [7, 11) is 0. The summed E-state index contributed by atoms with van der Waals surface area (Å²) in [6, 6.07) is 13.6. The van der Waals surface area contributed by atoms with Gasteiger partial charge in [-0.3, -0.25) is 0 Å². The van der Waals surface area contributed by atoms with E-state index >= 15 is 0 Å². The predicted octanol–water partition coefficient (Wildman–Crippen LogP) is 3.98. The van der Waals surface area contributed by atoms with Gasteiger partial charge >= 0.3 is 0 Å². The van der Waals surface area contributed by atoms with Gasteiger partial charge in [0.05, 0.1) is 6.04 Å². The maximum absolute atomic E-state index is 6.33. The van der Waals surface area contributed by atoms with Crippen LogP contribution in [-0.4, -0.2) is 12.6 Å². The van der Waals surface area contributed by atoms with Gasteiger partial charge in [-0.25, -0.2) is 0 Å². The number of thiophene rings is 1. The van der Waals surface area contributed by atoms with E-state index in [0.717, 1.165) is 6.54 Å². The van der Waals surface area contributed by atoms with Crippen LogP contribution in [0.25, 0.3) is 0 Å². The molecule has 0 spiro atoms. The van der Waals surface area contributed by atoms with Gasteiger partial charge in [-0.15, -0.1) is 11.3 Å². The molecule has 2 nitrogen and oxygen atoms in total. The summed E-state index contributed by atoms with van der Waals surface area (Å²) in [6.07, 6.45) is 3.69. The molecule has 1 aromatic heterocycles. The summed E-state index contributed by atoms with van der Waals surface area (Å²) in [6.45, 7) is 3.22. The highest BCUT2D eigenvalue weighted by Gasteiger charge is 2.27. The molecule has 106 valence electrons. The lowest BCUT2D eigenvalue weighted by molar-refractivity contribution is 0.531. The van der Waals surface area contributed by atoms with Crippen molar-refractivity contribution in [1.82, 2.24) is 0 Å².